The molecule has 1 amide bonds. The van der Waals surface area contributed by atoms with Crippen LogP contribution in [-0.2, 0) is 27.3 Å². The van der Waals surface area contributed by atoms with Gasteiger partial charge >= 0.3 is 5.97 Å². The number of carbonyl (C=O) groups is 2. The molecule has 0 aliphatic carbocycles. The summed E-state index contributed by atoms with van der Waals surface area (Å²) in [5.41, 5.74) is 1.84. The van der Waals surface area contributed by atoms with E-state index in [-0.39, 0.29) is 12.3 Å². The van der Waals surface area contributed by atoms with Crippen molar-refractivity contribution in [3.63, 3.8) is 0 Å². The summed E-state index contributed by atoms with van der Waals surface area (Å²) in [4.78, 5) is 24.2. The zero-order valence-corrected chi connectivity index (χ0v) is 17.2. The van der Waals surface area contributed by atoms with Crippen molar-refractivity contribution >= 4 is 11.9 Å². The number of amides is 1. The first kappa shape index (κ1) is 22.1. The van der Waals surface area contributed by atoms with Crippen molar-refractivity contribution in [2.45, 2.75) is 32.4 Å². The minimum atomic E-state index is -0.869. The average Bonchev–Trinajstić information content (AvgIpc) is 2.75. The Bertz CT molecular complexity index is 819. The van der Waals surface area contributed by atoms with Crippen molar-refractivity contribution < 1.29 is 28.5 Å². The summed E-state index contributed by atoms with van der Waals surface area (Å²) in [6, 6.07) is 12.8. The van der Waals surface area contributed by atoms with E-state index in [1.165, 1.54) is 0 Å². The lowest BCUT2D eigenvalue weighted by Crippen LogP contribution is -2.35. The van der Waals surface area contributed by atoms with E-state index in [9.17, 15) is 9.59 Å². The number of hydrogen-bond acceptors (Lipinski definition) is 6. The lowest BCUT2D eigenvalue weighted by molar-refractivity contribution is -0.154. The minimum Gasteiger partial charge on any atom is -0.497 e. The van der Waals surface area contributed by atoms with Crippen LogP contribution in [0.5, 0.6) is 17.2 Å². The quantitative estimate of drug-likeness (QED) is 0.617. The van der Waals surface area contributed by atoms with Crippen molar-refractivity contribution in [1.82, 2.24) is 5.32 Å². The van der Waals surface area contributed by atoms with Crippen molar-refractivity contribution in [2.24, 2.45) is 0 Å². The van der Waals surface area contributed by atoms with Gasteiger partial charge in [-0.2, -0.15) is 0 Å². The molecule has 0 heterocycles. The molecule has 0 aliphatic heterocycles. The van der Waals surface area contributed by atoms with Crippen LogP contribution in [0.25, 0.3) is 0 Å². The molecule has 0 saturated heterocycles. The van der Waals surface area contributed by atoms with E-state index in [2.05, 4.69) is 5.32 Å². The van der Waals surface area contributed by atoms with Gasteiger partial charge in [-0.25, -0.2) is 0 Å². The summed E-state index contributed by atoms with van der Waals surface area (Å²) in [6.07, 6.45) is -0.239. The van der Waals surface area contributed by atoms with Crippen LogP contribution < -0.4 is 19.5 Å². The summed E-state index contributed by atoms with van der Waals surface area (Å²) >= 11 is 0. The fraction of sp³-hybridized carbons (Fsp3) is 0.364. The summed E-state index contributed by atoms with van der Waals surface area (Å²) in [5.74, 6) is 1.19. The topological polar surface area (TPSA) is 83.1 Å². The molecule has 0 spiro atoms. The van der Waals surface area contributed by atoms with Crippen molar-refractivity contribution in [2.75, 3.05) is 21.3 Å². The van der Waals surface area contributed by atoms with Crippen molar-refractivity contribution in [1.29, 1.82) is 0 Å². The normalized spacial score (nSPS) is 11.3. The second-order valence-corrected chi connectivity index (χ2v) is 6.39. The molecule has 1 atom stereocenters. The highest BCUT2D eigenvalue weighted by Crippen LogP contribution is 2.28. The highest BCUT2D eigenvalue weighted by molar-refractivity contribution is 5.83. The SMILES string of the molecule is COc1ccc(CNC(=O)[C@@H](C)OC(=O)CCc2ccc(OC)c(OC)c2)cc1. The standard InChI is InChI=1S/C22H27NO6/c1-15(22(25)23-14-17-5-9-18(26-2)10-6-17)29-21(24)12-8-16-7-11-19(27-3)20(13-16)28-4/h5-7,9-11,13,15H,8,12,14H2,1-4H3,(H,23,25)/t15-/m1/s1. The van der Waals surface area contributed by atoms with Gasteiger partial charge in [0.1, 0.15) is 5.75 Å². The Morgan fingerprint density at radius 1 is 0.897 bits per heavy atom. The first-order chi connectivity index (χ1) is 14.0. The number of rotatable bonds is 10. The predicted octanol–water partition coefficient (Wildman–Crippen LogP) is 2.89. The highest BCUT2D eigenvalue weighted by Gasteiger charge is 2.17. The molecule has 156 valence electrons. The van der Waals surface area contributed by atoms with Crippen molar-refractivity contribution in [3.05, 3.63) is 53.6 Å². The average molecular weight is 401 g/mol. The second-order valence-electron chi connectivity index (χ2n) is 6.39. The molecule has 1 N–H and O–H groups in total. The Balaban J connectivity index is 1.78. The molecular formula is C22H27NO6. The maximum Gasteiger partial charge on any atom is 0.306 e. The molecule has 0 bridgehead atoms. The fourth-order valence-electron chi connectivity index (χ4n) is 2.67. The summed E-state index contributed by atoms with van der Waals surface area (Å²) in [7, 11) is 4.72. The van der Waals surface area contributed by atoms with E-state index >= 15 is 0 Å². The molecule has 7 heteroatoms. The Labute approximate surface area is 170 Å². The molecule has 0 fully saturated rings. The number of esters is 1. The smallest absolute Gasteiger partial charge is 0.306 e. The highest BCUT2D eigenvalue weighted by atomic mass is 16.5. The van der Waals surface area contributed by atoms with Gasteiger partial charge in [-0.15, -0.1) is 0 Å². The third kappa shape index (κ3) is 6.71. The van der Waals surface area contributed by atoms with Gasteiger partial charge in [0, 0.05) is 13.0 Å². The van der Waals surface area contributed by atoms with Crippen LogP contribution in [0.3, 0.4) is 0 Å². The Morgan fingerprint density at radius 2 is 1.55 bits per heavy atom. The van der Waals surface area contributed by atoms with Gasteiger partial charge in [0.05, 0.1) is 21.3 Å². The minimum absolute atomic E-state index is 0.158. The molecule has 0 radical (unpaired) electrons. The van der Waals surface area contributed by atoms with Gasteiger partial charge in [0.15, 0.2) is 17.6 Å². The predicted molar refractivity (Wildman–Crippen MR) is 108 cm³/mol. The molecule has 29 heavy (non-hydrogen) atoms. The van der Waals surface area contributed by atoms with E-state index in [1.807, 2.05) is 36.4 Å². The number of benzene rings is 2. The lowest BCUT2D eigenvalue weighted by atomic mass is 10.1. The second kappa shape index (κ2) is 10.9. The number of methoxy groups -OCH3 is 3. The Kier molecular flexibility index (Phi) is 8.33. The van der Waals surface area contributed by atoms with Crippen LogP contribution in [0.4, 0.5) is 0 Å². The van der Waals surface area contributed by atoms with E-state index in [0.717, 1.165) is 16.9 Å². The first-order valence-corrected chi connectivity index (χ1v) is 9.27. The van der Waals surface area contributed by atoms with Crippen LogP contribution >= 0.6 is 0 Å². The van der Waals surface area contributed by atoms with Crippen LogP contribution in [0, 0.1) is 0 Å². The Hall–Kier alpha value is -3.22. The van der Waals surface area contributed by atoms with E-state index in [1.54, 1.807) is 34.3 Å². The van der Waals surface area contributed by atoms with E-state index < -0.39 is 12.1 Å². The zero-order chi connectivity index (χ0) is 21.2. The van der Waals surface area contributed by atoms with Crippen LogP contribution in [-0.4, -0.2) is 39.3 Å². The molecule has 0 aromatic heterocycles. The largest absolute Gasteiger partial charge is 0.497 e. The number of nitrogens with one attached hydrogen (secondary N) is 1. The maximum absolute atomic E-state index is 12.2. The van der Waals surface area contributed by atoms with Gasteiger partial charge in [-0.3, -0.25) is 9.59 Å². The lowest BCUT2D eigenvalue weighted by Gasteiger charge is -2.14. The van der Waals surface area contributed by atoms with Crippen LogP contribution in [0.1, 0.15) is 24.5 Å². The van der Waals surface area contributed by atoms with Crippen LogP contribution in [0.15, 0.2) is 42.5 Å². The zero-order valence-electron chi connectivity index (χ0n) is 17.2. The molecule has 7 nitrogen and oxygen atoms in total. The number of ether oxygens (including phenoxy) is 4. The molecular weight excluding hydrogens is 374 g/mol. The van der Waals surface area contributed by atoms with Gasteiger partial charge in [0.2, 0.25) is 0 Å². The first-order valence-electron chi connectivity index (χ1n) is 9.27. The molecule has 0 aliphatic rings. The fourth-order valence-corrected chi connectivity index (χ4v) is 2.67. The summed E-state index contributed by atoms with van der Waals surface area (Å²) in [6.45, 7) is 1.90. The van der Waals surface area contributed by atoms with Crippen LogP contribution in [0.2, 0.25) is 0 Å². The number of hydrogen-bond donors (Lipinski definition) is 1. The molecule has 2 aromatic rings. The number of aryl methyl sites for hydroxylation is 1. The van der Waals surface area contributed by atoms with Gasteiger partial charge in [0.25, 0.3) is 5.91 Å². The van der Waals surface area contributed by atoms with E-state index in [0.29, 0.717) is 24.5 Å². The summed E-state index contributed by atoms with van der Waals surface area (Å²) < 4.78 is 20.8. The Morgan fingerprint density at radius 3 is 2.17 bits per heavy atom. The molecule has 0 unspecified atom stereocenters. The van der Waals surface area contributed by atoms with Crippen molar-refractivity contribution in [3.8, 4) is 17.2 Å². The maximum atomic E-state index is 12.2. The third-order valence-electron chi connectivity index (χ3n) is 4.37. The molecule has 2 rings (SSSR count). The van der Waals surface area contributed by atoms with Gasteiger partial charge < -0.3 is 24.3 Å². The summed E-state index contributed by atoms with van der Waals surface area (Å²) in [5, 5.41) is 2.76. The van der Waals surface area contributed by atoms with Gasteiger partial charge in [-0.1, -0.05) is 18.2 Å². The van der Waals surface area contributed by atoms with E-state index in [4.69, 9.17) is 18.9 Å². The third-order valence-corrected chi connectivity index (χ3v) is 4.37. The molecule has 2 aromatic carbocycles. The van der Waals surface area contributed by atoms with Gasteiger partial charge in [-0.05, 0) is 48.7 Å². The monoisotopic (exact) mass is 401 g/mol. The molecule has 0 saturated carbocycles. The number of carbonyl (C=O) groups excluding carboxylic acids is 2.